The third-order valence-electron chi connectivity index (χ3n) is 4.38. The molecule has 0 aliphatic carbocycles. The number of pyridine rings is 1. The second kappa shape index (κ2) is 6.53. The van der Waals surface area contributed by atoms with Crippen molar-refractivity contribution in [3.8, 4) is 0 Å². The molecule has 0 radical (unpaired) electrons. The number of nitrogens with two attached hydrogens (primary N) is 1. The summed E-state index contributed by atoms with van der Waals surface area (Å²) in [6, 6.07) is 18.3. The van der Waals surface area contributed by atoms with E-state index in [-0.39, 0.29) is 6.04 Å². The van der Waals surface area contributed by atoms with Gasteiger partial charge in [-0.3, -0.25) is 0 Å². The summed E-state index contributed by atoms with van der Waals surface area (Å²) in [6.07, 6.45) is 1.83. The molecule has 5 nitrogen and oxygen atoms in total. The summed E-state index contributed by atoms with van der Waals surface area (Å²) in [6.45, 7) is 3.32. The number of ether oxygens (including phenoxy) is 1. The van der Waals surface area contributed by atoms with E-state index in [0.29, 0.717) is 19.0 Å². The third kappa shape index (κ3) is 2.94. The third-order valence-corrected chi connectivity index (χ3v) is 4.38. The Balaban J connectivity index is 1.62. The number of nitrogens with zero attached hydrogens (tertiary/aromatic N) is 3. The number of nitrogen functional groups attached to an aromatic ring is 1. The van der Waals surface area contributed by atoms with Crippen molar-refractivity contribution in [2.45, 2.75) is 19.6 Å². The van der Waals surface area contributed by atoms with Crippen molar-refractivity contribution in [1.29, 1.82) is 0 Å². The lowest BCUT2D eigenvalue weighted by atomic mass is 10.1. The van der Waals surface area contributed by atoms with Gasteiger partial charge < -0.3 is 15.0 Å². The normalized spacial score (nSPS) is 12.7. The van der Waals surface area contributed by atoms with Crippen molar-refractivity contribution in [1.82, 2.24) is 14.5 Å². The summed E-state index contributed by atoms with van der Waals surface area (Å²) in [5.74, 6) is 0.463. The molecule has 0 aliphatic rings. The van der Waals surface area contributed by atoms with Crippen molar-refractivity contribution in [3.05, 3.63) is 66.5 Å². The van der Waals surface area contributed by atoms with Crippen LogP contribution in [0.4, 0.5) is 5.82 Å². The Labute approximate surface area is 146 Å². The molecular formula is C20H20N4O. The Hall–Kier alpha value is -2.92. The molecule has 0 fully saturated rings. The Morgan fingerprint density at radius 2 is 1.84 bits per heavy atom. The first-order valence-corrected chi connectivity index (χ1v) is 8.36. The maximum Gasteiger partial charge on any atom is 0.152 e. The van der Waals surface area contributed by atoms with Gasteiger partial charge in [0.2, 0.25) is 0 Å². The van der Waals surface area contributed by atoms with Crippen molar-refractivity contribution in [3.63, 3.8) is 0 Å². The fourth-order valence-corrected chi connectivity index (χ4v) is 3.11. The lowest BCUT2D eigenvalue weighted by Crippen LogP contribution is -2.11. The second-order valence-corrected chi connectivity index (χ2v) is 6.21. The molecule has 25 heavy (non-hydrogen) atoms. The molecule has 1 unspecified atom stereocenters. The average Bonchev–Trinajstić information content (AvgIpc) is 3.09. The molecule has 0 aliphatic heterocycles. The van der Waals surface area contributed by atoms with Crippen LogP contribution in [0.3, 0.4) is 0 Å². The van der Waals surface area contributed by atoms with Crippen molar-refractivity contribution >= 4 is 27.8 Å². The molecular weight excluding hydrogens is 312 g/mol. The number of rotatable bonds is 5. The standard InChI is InChI=1S/C20H20N4O/c1-14(11-25-12-15-7-3-2-4-8-15)24-13-22-18-19(24)16-9-5-6-10-17(16)23-20(18)21/h2-10,13-14H,11-12H2,1H3,(H2,21,23). The Morgan fingerprint density at radius 3 is 2.68 bits per heavy atom. The van der Waals surface area contributed by atoms with Crippen molar-refractivity contribution in [2.24, 2.45) is 0 Å². The zero-order chi connectivity index (χ0) is 17.2. The minimum atomic E-state index is 0.138. The molecule has 4 aromatic rings. The summed E-state index contributed by atoms with van der Waals surface area (Å²) in [7, 11) is 0. The molecule has 0 saturated heterocycles. The van der Waals surface area contributed by atoms with Gasteiger partial charge in [0.25, 0.3) is 0 Å². The minimum absolute atomic E-state index is 0.138. The monoisotopic (exact) mass is 332 g/mol. The van der Waals surface area contributed by atoms with Crippen LogP contribution >= 0.6 is 0 Å². The van der Waals surface area contributed by atoms with Crippen molar-refractivity contribution < 1.29 is 4.74 Å². The Morgan fingerprint density at radius 1 is 1.08 bits per heavy atom. The zero-order valence-corrected chi connectivity index (χ0v) is 14.1. The van der Waals surface area contributed by atoms with Gasteiger partial charge in [-0.15, -0.1) is 0 Å². The number of anilines is 1. The minimum Gasteiger partial charge on any atom is -0.382 e. The maximum absolute atomic E-state index is 6.09. The highest BCUT2D eigenvalue weighted by Crippen LogP contribution is 2.29. The van der Waals surface area contributed by atoms with Crippen LogP contribution in [0.5, 0.6) is 0 Å². The number of hydrogen-bond donors (Lipinski definition) is 1. The SMILES string of the molecule is CC(COCc1ccccc1)n1cnc2c(N)nc3ccccc3c21. The maximum atomic E-state index is 6.09. The van der Waals surface area contributed by atoms with E-state index < -0.39 is 0 Å². The van der Waals surface area contributed by atoms with Crippen molar-refractivity contribution in [2.75, 3.05) is 12.3 Å². The largest absolute Gasteiger partial charge is 0.382 e. The second-order valence-electron chi connectivity index (χ2n) is 6.21. The number of imidazole rings is 1. The van der Waals surface area contributed by atoms with E-state index in [4.69, 9.17) is 10.5 Å². The van der Waals surface area contributed by atoms with Gasteiger partial charge in [0.1, 0.15) is 5.52 Å². The van der Waals surface area contributed by atoms with Gasteiger partial charge in [-0.25, -0.2) is 9.97 Å². The first-order valence-electron chi connectivity index (χ1n) is 8.36. The van der Waals surface area contributed by atoms with Gasteiger partial charge in [0.15, 0.2) is 5.82 Å². The number of para-hydroxylation sites is 1. The molecule has 0 spiro atoms. The molecule has 0 bridgehead atoms. The molecule has 1 atom stereocenters. The summed E-state index contributed by atoms with van der Waals surface area (Å²) in [4.78, 5) is 8.92. The topological polar surface area (TPSA) is 66.0 Å². The zero-order valence-electron chi connectivity index (χ0n) is 14.1. The van der Waals surface area contributed by atoms with Gasteiger partial charge >= 0.3 is 0 Å². The Kier molecular flexibility index (Phi) is 4.07. The lowest BCUT2D eigenvalue weighted by Gasteiger charge is -2.16. The quantitative estimate of drug-likeness (QED) is 0.601. The predicted molar refractivity (Wildman–Crippen MR) is 100 cm³/mol. The van der Waals surface area contributed by atoms with Crippen LogP contribution in [0.1, 0.15) is 18.5 Å². The van der Waals surface area contributed by atoms with Crippen LogP contribution in [0.15, 0.2) is 60.9 Å². The van der Waals surface area contributed by atoms with E-state index in [1.165, 1.54) is 5.56 Å². The highest BCUT2D eigenvalue weighted by Gasteiger charge is 2.15. The molecule has 2 heterocycles. The molecule has 5 heteroatoms. The van der Waals surface area contributed by atoms with E-state index >= 15 is 0 Å². The molecule has 0 amide bonds. The first-order chi connectivity index (χ1) is 12.2. The molecule has 2 N–H and O–H groups in total. The molecule has 0 saturated carbocycles. The number of aromatic nitrogens is 3. The highest BCUT2D eigenvalue weighted by molar-refractivity contribution is 6.06. The number of hydrogen-bond acceptors (Lipinski definition) is 4. The number of benzene rings is 2. The summed E-state index contributed by atoms with van der Waals surface area (Å²) < 4.78 is 8.03. The summed E-state index contributed by atoms with van der Waals surface area (Å²) >= 11 is 0. The van der Waals surface area contributed by atoms with Gasteiger partial charge in [-0.1, -0.05) is 48.5 Å². The summed E-state index contributed by atoms with van der Waals surface area (Å²) in [5.41, 5.74) is 9.90. The Bertz CT molecular complexity index is 1010. The van der Waals surface area contributed by atoms with E-state index in [0.717, 1.165) is 21.9 Å². The lowest BCUT2D eigenvalue weighted by molar-refractivity contribution is 0.0958. The summed E-state index contributed by atoms with van der Waals surface area (Å²) in [5, 5.41) is 1.05. The van der Waals surface area contributed by atoms with Gasteiger partial charge in [0, 0.05) is 5.39 Å². The average molecular weight is 332 g/mol. The fraction of sp³-hybridized carbons (Fsp3) is 0.200. The van der Waals surface area contributed by atoms with Crippen LogP contribution in [-0.2, 0) is 11.3 Å². The van der Waals surface area contributed by atoms with E-state index in [2.05, 4.69) is 39.7 Å². The smallest absolute Gasteiger partial charge is 0.152 e. The van der Waals surface area contributed by atoms with Crippen LogP contribution in [0.25, 0.3) is 21.9 Å². The number of fused-ring (bicyclic) bond motifs is 3. The molecule has 4 rings (SSSR count). The van der Waals surface area contributed by atoms with Crippen LogP contribution in [0, 0.1) is 0 Å². The van der Waals surface area contributed by atoms with E-state index in [1.807, 2.05) is 42.7 Å². The van der Waals surface area contributed by atoms with E-state index in [9.17, 15) is 0 Å². The van der Waals surface area contributed by atoms with Crippen LogP contribution in [-0.4, -0.2) is 21.1 Å². The molecule has 2 aromatic carbocycles. The fourth-order valence-electron chi connectivity index (χ4n) is 3.11. The highest BCUT2D eigenvalue weighted by atomic mass is 16.5. The van der Waals surface area contributed by atoms with Crippen LogP contribution < -0.4 is 5.73 Å². The predicted octanol–water partition coefficient (Wildman–Crippen LogP) is 3.94. The van der Waals surface area contributed by atoms with Gasteiger partial charge in [0.05, 0.1) is 36.6 Å². The van der Waals surface area contributed by atoms with E-state index in [1.54, 1.807) is 0 Å². The first kappa shape index (κ1) is 15.6. The van der Waals surface area contributed by atoms with Gasteiger partial charge in [-0.05, 0) is 18.6 Å². The molecule has 126 valence electrons. The molecule has 2 aromatic heterocycles. The van der Waals surface area contributed by atoms with Gasteiger partial charge in [-0.2, -0.15) is 0 Å². The van der Waals surface area contributed by atoms with Crippen LogP contribution in [0.2, 0.25) is 0 Å².